The zero-order valence-corrected chi connectivity index (χ0v) is 11.6. The monoisotopic (exact) mass is 287 g/mol. The Bertz CT molecular complexity index is 669. The Morgan fingerprint density at radius 2 is 2.10 bits per heavy atom. The number of hydrogen-bond acceptors (Lipinski definition) is 2. The van der Waals surface area contributed by atoms with Gasteiger partial charge in [0.1, 0.15) is 0 Å². The number of carboxylic acid groups (broad SMARTS) is 1. The second-order valence-corrected chi connectivity index (χ2v) is 5.39. The van der Waals surface area contributed by atoms with E-state index in [0.717, 1.165) is 35.8 Å². The third-order valence-electron chi connectivity index (χ3n) is 3.59. The van der Waals surface area contributed by atoms with Crippen LogP contribution in [0.25, 0.3) is 0 Å². The van der Waals surface area contributed by atoms with Crippen molar-refractivity contribution in [3.05, 3.63) is 64.2 Å². The van der Waals surface area contributed by atoms with E-state index < -0.39 is 5.97 Å². The van der Waals surface area contributed by atoms with E-state index in [1.807, 2.05) is 30.3 Å². The number of fused-ring (bicyclic) bond motifs is 1. The van der Waals surface area contributed by atoms with Gasteiger partial charge in [-0.3, -0.25) is 0 Å². The molecule has 3 nitrogen and oxygen atoms in total. The summed E-state index contributed by atoms with van der Waals surface area (Å²) in [5, 5.41) is 9.82. The van der Waals surface area contributed by atoms with Crippen molar-refractivity contribution in [1.29, 1.82) is 0 Å². The van der Waals surface area contributed by atoms with E-state index in [1.165, 1.54) is 5.56 Å². The summed E-state index contributed by atoms with van der Waals surface area (Å²) in [6.45, 7) is 1.65. The molecule has 0 aromatic heterocycles. The molecule has 0 radical (unpaired) electrons. The maximum Gasteiger partial charge on any atom is 0.335 e. The Hall–Kier alpha value is -2.00. The van der Waals surface area contributed by atoms with Gasteiger partial charge in [0.15, 0.2) is 0 Å². The van der Waals surface area contributed by atoms with Crippen LogP contribution in [0.15, 0.2) is 42.5 Å². The van der Waals surface area contributed by atoms with Crippen molar-refractivity contribution in [2.24, 2.45) is 0 Å². The summed E-state index contributed by atoms with van der Waals surface area (Å²) in [4.78, 5) is 13.3. The van der Waals surface area contributed by atoms with Crippen LogP contribution < -0.4 is 4.90 Å². The summed E-state index contributed by atoms with van der Waals surface area (Å²) in [5.74, 6) is -0.887. The number of hydrogen-bond donors (Lipinski definition) is 1. The molecule has 1 N–H and O–H groups in total. The number of anilines is 1. The minimum Gasteiger partial charge on any atom is -0.478 e. The Morgan fingerprint density at radius 3 is 2.85 bits per heavy atom. The standard InChI is InChI=1S/C16H14ClNO2/c17-14-3-1-2-11(8-14)10-18-7-6-12-4-5-13(16(19)20)9-15(12)18/h1-5,8-9H,6-7,10H2,(H,19,20). The summed E-state index contributed by atoms with van der Waals surface area (Å²) < 4.78 is 0. The van der Waals surface area contributed by atoms with Crippen molar-refractivity contribution < 1.29 is 9.90 Å². The third kappa shape index (κ3) is 2.49. The number of halogens is 1. The molecule has 20 heavy (non-hydrogen) atoms. The first-order valence-corrected chi connectivity index (χ1v) is 6.87. The SMILES string of the molecule is O=C(O)c1ccc2c(c1)N(Cc1cccc(Cl)c1)CC2. The fourth-order valence-corrected chi connectivity index (χ4v) is 2.81. The average molecular weight is 288 g/mol. The molecule has 1 aliphatic heterocycles. The second-order valence-electron chi connectivity index (χ2n) is 4.95. The molecule has 0 aliphatic carbocycles. The van der Waals surface area contributed by atoms with Crippen molar-refractivity contribution in [2.75, 3.05) is 11.4 Å². The lowest BCUT2D eigenvalue weighted by atomic mass is 10.1. The smallest absolute Gasteiger partial charge is 0.335 e. The van der Waals surface area contributed by atoms with E-state index >= 15 is 0 Å². The Balaban J connectivity index is 1.88. The lowest BCUT2D eigenvalue weighted by molar-refractivity contribution is 0.0697. The van der Waals surface area contributed by atoms with Gasteiger partial charge in [-0.2, -0.15) is 0 Å². The van der Waals surface area contributed by atoms with E-state index in [9.17, 15) is 4.79 Å². The molecule has 0 amide bonds. The topological polar surface area (TPSA) is 40.5 Å². The minimum atomic E-state index is -0.887. The molecule has 0 spiro atoms. The first-order valence-electron chi connectivity index (χ1n) is 6.49. The van der Waals surface area contributed by atoms with Crippen LogP contribution in [0.4, 0.5) is 5.69 Å². The van der Waals surface area contributed by atoms with Gasteiger partial charge < -0.3 is 10.0 Å². The molecule has 4 heteroatoms. The molecule has 0 unspecified atom stereocenters. The van der Waals surface area contributed by atoms with Crippen LogP contribution >= 0.6 is 11.6 Å². The zero-order chi connectivity index (χ0) is 14.1. The molecule has 0 saturated heterocycles. The van der Waals surface area contributed by atoms with Crippen LogP contribution in [0, 0.1) is 0 Å². The maximum atomic E-state index is 11.1. The van der Waals surface area contributed by atoms with Crippen LogP contribution in [-0.2, 0) is 13.0 Å². The first kappa shape index (κ1) is 13.0. The molecule has 1 aliphatic rings. The highest BCUT2D eigenvalue weighted by molar-refractivity contribution is 6.30. The zero-order valence-electron chi connectivity index (χ0n) is 10.8. The van der Waals surface area contributed by atoms with Crippen molar-refractivity contribution in [3.8, 4) is 0 Å². The summed E-state index contributed by atoms with van der Waals surface area (Å²) >= 11 is 6.00. The highest BCUT2D eigenvalue weighted by atomic mass is 35.5. The van der Waals surface area contributed by atoms with Crippen LogP contribution in [0.1, 0.15) is 21.5 Å². The number of carbonyl (C=O) groups is 1. The van der Waals surface area contributed by atoms with Crippen LogP contribution in [0.5, 0.6) is 0 Å². The van der Waals surface area contributed by atoms with Gasteiger partial charge in [-0.1, -0.05) is 29.8 Å². The van der Waals surface area contributed by atoms with Crippen LogP contribution in [0.3, 0.4) is 0 Å². The highest BCUT2D eigenvalue weighted by Gasteiger charge is 2.20. The predicted octanol–water partition coefficient (Wildman–Crippen LogP) is 3.60. The molecule has 0 saturated carbocycles. The molecular formula is C16H14ClNO2. The molecule has 0 bridgehead atoms. The largest absolute Gasteiger partial charge is 0.478 e. The molecule has 0 fully saturated rings. The van der Waals surface area contributed by atoms with Gasteiger partial charge in [0.25, 0.3) is 0 Å². The third-order valence-corrected chi connectivity index (χ3v) is 3.82. The molecule has 2 aromatic rings. The molecule has 1 heterocycles. The Labute approximate surface area is 122 Å². The van der Waals surface area contributed by atoms with Crippen LogP contribution in [-0.4, -0.2) is 17.6 Å². The number of rotatable bonds is 3. The van der Waals surface area contributed by atoms with Crippen molar-refractivity contribution in [2.45, 2.75) is 13.0 Å². The van der Waals surface area contributed by atoms with Gasteiger partial charge in [-0.15, -0.1) is 0 Å². The summed E-state index contributed by atoms with van der Waals surface area (Å²) in [6.07, 6.45) is 0.954. The second kappa shape index (κ2) is 5.17. The maximum absolute atomic E-state index is 11.1. The first-order chi connectivity index (χ1) is 9.63. The number of benzene rings is 2. The Kier molecular flexibility index (Phi) is 3.36. The van der Waals surface area contributed by atoms with E-state index in [0.29, 0.717) is 5.56 Å². The minimum absolute atomic E-state index is 0.335. The molecule has 2 aromatic carbocycles. The number of nitrogens with zero attached hydrogens (tertiary/aromatic N) is 1. The van der Waals surface area contributed by atoms with Crippen molar-refractivity contribution in [1.82, 2.24) is 0 Å². The highest BCUT2D eigenvalue weighted by Crippen LogP contribution is 2.30. The van der Waals surface area contributed by atoms with E-state index in [-0.39, 0.29) is 0 Å². The van der Waals surface area contributed by atoms with Gasteiger partial charge in [-0.25, -0.2) is 4.79 Å². The molecule has 0 atom stereocenters. The molecule has 3 rings (SSSR count). The quantitative estimate of drug-likeness (QED) is 0.938. The number of carboxylic acids is 1. The molecular weight excluding hydrogens is 274 g/mol. The summed E-state index contributed by atoms with van der Waals surface area (Å²) in [5.41, 5.74) is 3.69. The summed E-state index contributed by atoms with van der Waals surface area (Å²) in [7, 11) is 0. The van der Waals surface area contributed by atoms with E-state index in [2.05, 4.69) is 4.90 Å². The Morgan fingerprint density at radius 1 is 1.25 bits per heavy atom. The van der Waals surface area contributed by atoms with Crippen molar-refractivity contribution in [3.63, 3.8) is 0 Å². The lowest BCUT2D eigenvalue weighted by Crippen LogP contribution is -2.19. The normalized spacial score (nSPS) is 13.3. The average Bonchev–Trinajstić information content (AvgIpc) is 2.81. The van der Waals surface area contributed by atoms with Crippen LogP contribution in [0.2, 0.25) is 5.02 Å². The van der Waals surface area contributed by atoms with E-state index in [4.69, 9.17) is 16.7 Å². The summed E-state index contributed by atoms with van der Waals surface area (Å²) in [6, 6.07) is 13.1. The lowest BCUT2D eigenvalue weighted by Gasteiger charge is -2.20. The molecule has 102 valence electrons. The van der Waals surface area contributed by atoms with Gasteiger partial charge in [0, 0.05) is 23.8 Å². The predicted molar refractivity (Wildman–Crippen MR) is 79.6 cm³/mol. The van der Waals surface area contributed by atoms with Gasteiger partial charge in [-0.05, 0) is 41.8 Å². The van der Waals surface area contributed by atoms with Gasteiger partial charge >= 0.3 is 5.97 Å². The fourth-order valence-electron chi connectivity index (χ4n) is 2.60. The van der Waals surface area contributed by atoms with E-state index in [1.54, 1.807) is 12.1 Å². The number of aromatic carboxylic acids is 1. The van der Waals surface area contributed by atoms with Gasteiger partial charge in [0.05, 0.1) is 5.56 Å². The fraction of sp³-hybridized carbons (Fsp3) is 0.188. The van der Waals surface area contributed by atoms with Crippen molar-refractivity contribution >= 4 is 23.3 Å². The van der Waals surface area contributed by atoms with Gasteiger partial charge in [0.2, 0.25) is 0 Å².